The molecule has 3 aliphatic rings. The second-order valence-electron chi connectivity index (χ2n) is 9.78. The van der Waals surface area contributed by atoms with E-state index in [0.29, 0.717) is 36.6 Å². The van der Waals surface area contributed by atoms with Gasteiger partial charge in [0.25, 0.3) is 0 Å². The Morgan fingerprint density at radius 3 is 2.57 bits per heavy atom. The molecule has 0 bridgehead atoms. The summed E-state index contributed by atoms with van der Waals surface area (Å²) in [4.78, 5) is 13.3. The van der Waals surface area contributed by atoms with Gasteiger partial charge in [0.2, 0.25) is 5.91 Å². The van der Waals surface area contributed by atoms with Gasteiger partial charge >= 0.3 is 6.29 Å². The maximum absolute atomic E-state index is 13.4. The second kappa shape index (κ2) is 7.93. The molecule has 1 aliphatic heterocycles. The van der Waals surface area contributed by atoms with Crippen LogP contribution < -0.4 is 14.8 Å². The first-order chi connectivity index (χ1) is 16.8. The van der Waals surface area contributed by atoms with E-state index >= 15 is 0 Å². The molecule has 9 heteroatoms. The first-order valence-electron chi connectivity index (χ1n) is 11.9. The molecule has 2 aliphatic carbocycles. The van der Waals surface area contributed by atoms with Crippen molar-refractivity contribution in [3.63, 3.8) is 0 Å². The molecule has 35 heavy (non-hydrogen) atoms. The summed E-state index contributed by atoms with van der Waals surface area (Å²) in [6.07, 6.45) is 0.0437. The van der Waals surface area contributed by atoms with Crippen LogP contribution in [0.3, 0.4) is 0 Å². The minimum atomic E-state index is -3.70. The SMILES string of the molecule is O=C(Nc1ccc2c(c1)cc(C1CCC1)n2C[C@@H](O)CO)C1(c2ccc3c(c2)OC(F)(F)O3)CC1. The average molecular weight is 484 g/mol. The van der Waals surface area contributed by atoms with E-state index in [1.807, 2.05) is 18.2 Å². The number of aromatic nitrogens is 1. The fraction of sp³-hybridized carbons (Fsp3) is 0.423. The highest BCUT2D eigenvalue weighted by Gasteiger charge is 2.52. The second-order valence-corrected chi connectivity index (χ2v) is 9.78. The Kier molecular flexibility index (Phi) is 5.05. The largest absolute Gasteiger partial charge is 0.586 e. The van der Waals surface area contributed by atoms with Crippen molar-refractivity contribution in [3.8, 4) is 11.5 Å². The molecule has 2 heterocycles. The highest BCUT2D eigenvalue weighted by atomic mass is 19.3. The molecule has 0 spiro atoms. The number of hydrogen-bond acceptors (Lipinski definition) is 5. The van der Waals surface area contributed by atoms with E-state index in [2.05, 4.69) is 25.4 Å². The number of halogens is 2. The van der Waals surface area contributed by atoms with Gasteiger partial charge in [0.15, 0.2) is 11.5 Å². The minimum absolute atomic E-state index is 0.0431. The zero-order valence-corrected chi connectivity index (χ0v) is 19.0. The van der Waals surface area contributed by atoms with Crippen molar-refractivity contribution >= 4 is 22.5 Å². The summed E-state index contributed by atoms with van der Waals surface area (Å²) in [5.74, 6) is 0.123. The van der Waals surface area contributed by atoms with Crippen LogP contribution in [0, 0.1) is 0 Å². The van der Waals surface area contributed by atoms with Crippen molar-refractivity contribution in [2.45, 2.75) is 62.4 Å². The number of ether oxygens (including phenoxy) is 2. The zero-order valence-electron chi connectivity index (χ0n) is 19.0. The summed E-state index contributed by atoms with van der Waals surface area (Å²) < 4.78 is 37.9. The average Bonchev–Trinajstić information content (AvgIpc) is 3.44. The fourth-order valence-corrected chi connectivity index (χ4v) is 5.15. The number of nitrogens with one attached hydrogen (secondary N) is 1. The van der Waals surface area contributed by atoms with Gasteiger partial charge in [-0.2, -0.15) is 0 Å². The first kappa shape index (κ1) is 22.3. The Bertz CT molecular complexity index is 1310. The summed E-state index contributed by atoms with van der Waals surface area (Å²) >= 11 is 0. The number of alkyl halides is 2. The van der Waals surface area contributed by atoms with Crippen LogP contribution in [0.2, 0.25) is 0 Å². The molecule has 2 saturated carbocycles. The monoisotopic (exact) mass is 484 g/mol. The molecule has 184 valence electrons. The van der Waals surface area contributed by atoms with Crippen LogP contribution >= 0.6 is 0 Å². The Hall–Kier alpha value is -3.17. The van der Waals surface area contributed by atoms with E-state index in [1.165, 1.54) is 18.6 Å². The minimum Gasteiger partial charge on any atom is -0.395 e. The summed E-state index contributed by atoms with van der Waals surface area (Å²) in [6, 6.07) is 12.3. The van der Waals surface area contributed by atoms with Crippen LogP contribution in [0.25, 0.3) is 10.9 Å². The van der Waals surface area contributed by atoms with Crippen molar-refractivity contribution in [2.75, 3.05) is 11.9 Å². The third-order valence-corrected chi connectivity index (χ3v) is 7.46. The quantitative estimate of drug-likeness (QED) is 0.466. The molecule has 1 aromatic heterocycles. The molecule has 3 aromatic rings. The van der Waals surface area contributed by atoms with Gasteiger partial charge in [-0.3, -0.25) is 4.79 Å². The number of anilines is 1. The summed E-state index contributed by atoms with van der Waals surface area (Å²) in [7, 11) is 0. The number of carbonyl (C=O) groups excluding carboxylic acids is 1. The van der Waals surface area contributed by atoms with Gasteiger partial charge in [-0.1, -0.05) is 12.5 Å². The Balaban J connectivity index is 1.26. The fourth-order valence-electron chi connectivity index (χ4n) is 5.15. The van der Waals surface area contributed by atoms with Crippen LogP contribution in [0.15, 0.2) is 42.5 Å². The maximum Gasteiger partial charge on any atom is 0.586 e. The summed E-state index contributed by atoms with van der Waals surface area (Å²) in [5.41, 5.74) is 2.54. The third-order valence-electron chi connectivity index (χ3n) is 7.46. The van der Waals surface area contributed by atoms with E-state index in [-0.39, 0.29) is 24.0 Å². The lowest BCUT2D eigenvalue weighted by molar-refractivity contribution is -0.286. The number of hydrogen-bond donors (Lipinski definition) is 3. The third kappa shape index (κ3) is 3.83. The number of benzene rings is 2. The molecule has 6 rings (SSSR count). The summed E-state index contributed by atoms with van der Waals surface area (Å²) in [5, 5.41) is 23.4. The van der Waals surface area contributed by atoms with E-state index < -0.39 is 17.8 Å². The highest BCUT2D eigenvalue weighted by Crippen LogP contribution is 2.52. The van der Waals surface area contributed by atoms with Crippen molar-refractivity contribution in [1.29, 1.82) is 0 Å². The van der Waals surface area contributed by atoms with Crippen LogP contribution in [0.4, 0.5) is 14.5 Å². The van der Waals surface area contributed by atoms with Gasteiger partial charge in [0, 0.05) is 22.3 Å². The van der Waals surface area contributed by atoms with Crippen LogP contribution in [0.1, 0.15) is 49.3 Å². The van der Waals surface area contributed by atoms with Gasteiger partial charge in [0.05, 0.1) is 24.7 Å². The first-order valence-corrected chi connectivity index (χ1v) is 11.9. The van der Waals surface area contributed by atoms with Gasteiger partial charge in [-0.25, -0.2) is 0 Å². The molecule has 2 fully saturated rings. The lowest BCUT2D eigenvalue weighted by Gasteiger charge is -2.27. The standard InChI is InChI=1S/C26H26F2N2O5/c27-26(28)34-22-7-4-17(12-23(22)35-26)25(8-9-25)24(33)29-18-5-6-20-16(10-18)11-21(15-2-1-3-15)30(20)13-19(32)14-31/h4-7,10-12,15,19,31-32H,1-3,8-9,13-14H2,(H,29,33)/t19-/m1/s1. The molecule has 3 N–H and O–H groups in total. The summed E-state index contributed by atoms with van der Waals surface area (Å²) in [6.45, 7) is 0.00130. The highest BCUT2D eigenvalue weighted by molar-refractivity contribution is 6.02. The molecule has 7 nitrogen and oxygen atoms in total. The van der Waals surface area contributed by atoms with E-state index in [1.54, 1.807) is 6.07 Å². The molecule has 1 atom stereocenters. The predicted molar refractivity (Wildman–Crippen MR) is 124 cm³/mol. The predicted octanol–water partition coefficient (Wildman–Crippen LogP) is 4.25. The lowest BCUT2D eigenvalue weighted by Crippen LogP contribution is -2.28. The molecular formula is C26H26F2N2O5. The molecule has 2 aromatic carbocycles. The molecular weight excluding hydrogens is 458 g/mol. The molecule has 0 radical (unpaired) electrons. The van der Waals surface area contributed by atoms with Crippen LogP contribution in [-0.2, 0) is 16.8 Å². The zero-order chi connectivity index (χ0) is 24.4. The normalized spacial score (nSPS) is 20.5. The maximum atomic E-state index is 13.4. The van der Waals surface area contributed by atoms with E-state index in [4.69, 9.17) is 0 Å². The van der Waals surface area contributed by atoms with E-state index in [0.717, 1.165) is 29.4 Å². The van der Waals surface area contributed by atoms with Crippen LogP contribution in [-0.4, -0.2) is 39.7 Å². The Morgan fingerprint density at radius 1 is 1.11 bits per heavy atom. The van der Waals surface area contributed by atoms with Crippen molar-refractivity contribution in [3.05, 3.63) is 53.7 Å². The van der Waals surface area contributed by atoms with Gasteiger partial charge in [-0.05, 0) is 73.6 Å². The topological polar surface area (TPSA) is 93.0 Å². The number of aliphatic hydroxyl groups is 2. The number of fused-ring (bicyclic) bond motifs is 2. The number of nitrogens with zero attached hydrogens (tertiary/aromatic N) is 1. The number of aliphatic hydroxyl groups excluding tert-OH is 2. The molecule has 1 amide bonds. The van der Waals surface area contributed by atoms with Crippen molar-refractivity contribution in [1.82, 2.24) is 4.57 Å². The Morgan fingerprint density at radius 2 is 1.89 bits per heavy atom. The van der Waals surface area contributed by atoms with Crippen molar-refractivity contribution < 1.29 is 33.3 Å². The number of carbonyl (C=O) groups is 1. The van der Waals surface area contributed by atoms with Gasteiger partial charge in [0.1, 0.15) is 0 Å². The molecule has 0 unspecified atom stereocenters. The lowest BCUT2D eigenvalue weighted by atomic mass is 9.83. The number of amides is 1. The van der Waals surface area contributed by atoms with E-state index in [9.17, 15) is 23.8 Å². The van der Waals surface area contributed by atoms with Crippen LogP contribution in [0.5, 0.6) is 11.5 Å². The van der Waals surface area contributed by atoms with Gasteiger partial charge < -0.3 is 29.6 Å². The Labute approximate surface area is 200 Å². The van der Waals surface area contributed by atoms with Gasteiger partial charge in [-0.15, -0.1) is 8.78 Å². The number of rotatable bonds is 7. The van der Waals surface area contributed by atoms with Crippen molar-refractivity contribution in [2.24, 2.45) is 0 Å². The smallest absolute Gasteiger partial charge is 0.395 e. The molecule has 0 saturated heterocycles.